The van der Waals surface area contributed by atoms with Gasteiger partial charge in [0.1, 0.15) is 17.9 Å². The molecule has 0 radical (unpaired) electrons. The minimum Gasteiger partial charge on any atom is -0.507 e. The minimum absolute atomic E-state index is 0.0381. The smallest absolute Gasteiger partial charge is 0.341 e. The van der Waals surface area contributed by atoms with E-state index in [1.54, 1.807) is 10.9 Å². The maximum atomic E-state index is 12.2. The van der Waals surface area contributed by atoms with E-state index in [2.05, 4.69) is 15.0 Å². The maximum absolute atomic E-state index is 12.2. The molecule has 0 atom stereocenters. The van der Waals surface area contributed by atoms with Crippen LogP contribution in [0.3, 0.4) is 0 Å². The van der Waals surface area contributed by atoms with Crippen LogP contribution in [0.4, 0.5) is 5.69 Å². The van der Waals surface area contributed by atoms with Crippen LogP contribution in [0.1, 0.15) is 10.4 Å². The van der Waals surface area contributed by atoms with Gasteiger partial charge in [-0.05, 0) is 24.3 Å². The van der Waals surface area contributed by atoms with E-state index in [9.17, 15) is 14.7 Å². The van der Waals surface area contributed by atoms with Gasteiger partial charge in [0.25, 0.3) is 0 Å². The first-order valence-electron chi connectivity index (χ1n) is 7.19. The number of benzene rings is 2. The van der Waals surface area contributed by atoms with Crippen LogP contribution >= 0.6 is 0 Å². The van der Waals surface area contributed by atoms with Crippen LogP contribution in [0.5, 0.6) is 5.75 Å². The second-order valence-corrected chi connectivity index (χ2v) is 5.13. The van der Waals surface area contributed by atoms with Crippen molar-refractivity contribution in [3.63, 3.8) is 0 Å². The maximum Gasteiger partial charge on any atom is 0.341 e. The van der Waals surface area contributed by atoms with Crippen molar-refractivity contribution < 1.29 is 19.4 Å². The number of anilines is 1. The number of aromatic nitrogens is 2. The quantitative estimate of drug-likeness (QED) is 0.717. The van der Waals surface area contributed by atoms with Gasteiger partial charge in [-0.2, -0.15) is 0 Å². The van der Waals surface area contributed by atoms with E-state index in [1.807, 2.05) is 24.3 Å². The molecule has 24 heavy (non-hydrogen) atoms. The molecule has 1 heterocycles. The van der Waals surface area contributed by atoms with Crippen LogP contribution in [0, 0.1) is 0 Å². The largest absolute Gasteiger partial charge is 0.507 e. The van der Waals surface area contributed by atoms with Crippen molar-refractivity contribution in [3.05, 3.63) is 54.4 Å². The minimum atomic E-state index is -0.643. The van der Waals surface area contributed by atoms with Crippen LogP contribution in [0.2, 0.25) is 0 Å². The molecule has 0 saturated heterocycles. The Kier molecular flexibility index (Phi) is 4.15. The first-order valence-corrected chi connectivity index (χ1v) is 7.19. The Morgan fingerprint density at radius 1 is 1.25 bits per heavy atom. The second-order valence-electron chi connectivity index (χ2n) is 5.13. The summed E-state index contributed by atoms with van der Waals surface area (Å²) in [6.07, 6.45) is 1.60. The highest BCUT2D eigenvalue weighted by atomic mass is 16.5. The van der Waals surface area contributed by atoms with Gasteiger partial charge >= 0.3 is 5.97 Å². The molecule has 0 aliphatic rings. The molecule has 0 fully saturated rings. The van der Waals surface area contributed by atoms with Gasteiger partial charge in [-0.25, -0.2) is 9.78 Å². The lowest BCUT2D eigenvalue weighted by Gasteiger charge is -2.09. The average Bonchev–Trinajstić information content (AvgIpc) is 2.97. The second kappa shape index (κ2) is 6.41. The van der Waals surface area contributed by atoms with Crippen molar-refractivity contribution in [1.82, 2.24) is 9.55 Å². The normalized spacial score (nSPS) is 10.5. The molecule has 0 bridgehead atoms. The molecule has 0 aliphatic heterocycles. The van der Waals surface area contributed by atoms with Crippen molar-refractivity contribution in [2.24, 2.45) is 0 Å². The highest BCUT2D eigenvalue weighted by molar-refractivity contribution is 5.95. The fraction of sp³-hybridized carbons (Fsp3) is 0.118. The lowest BCUT2D eigenvalue weighted by molar-refractivity contribution is -0.116. The number of nitrogens with zero attached hydrogens (tertiary/aromatic N) is 2. The molecule has 3 rings (SSSR count). The molecule has 0 saturated carbocycles. The van der Waals surface area contributed by atoms with Crippen LogP contribution < -0.4 is 5.32 Å². The standard InChI is InChI=1S/C17H15N3O4/c1-24-17(23)12-7-6-11(8-15(12)21)19-16(22)9-20-10-18-13-4-2-3-5-14(13)20/h2-8,10,21H,9H2,1H3,(H,19,22). The molecule has 1 aromatic heterocycles. The van der Waals surface area contributed by atoms with Crippen molar-refractivity contribution >= 4 is 28.6 Å². The summed E-state index contributed by atoms with van der Waals surface area (Å²) < 4.78 is 6.28. The number of rotatable bonds is 4. The van der Waals surface area contributed by atoms with Gasteiger partial charge in [0, 0.05) is 11.8 Å². The van der Waals surface area contributed by atoms with Gasteiger partial charge in [-0.3, -0.25) is 4.79 Å². The number of fused-ring (bicyclic) bond motifs is 1. The number of ether oxygens (including phenoxy) is 1. The third kappa shape index (κ3) is 3.05. The number of imidazole rings is 1. The molecule has 0 aliphatic carbocycles. The van der Waals surface area contributed by atoms with Gasteiger partial charge in [0.2, 0.25) is 5.91 Å². The molecule has 1 amide bonds. The Bertz CT molecular complexity index is 917. The van der Waals surface area contributed by atoms with Gasteiger partial charge in [0.05, 0.1) is 24.5 Å². The molecule has 3 aromatic rings. The summed E-state index contributed by atoms with van der Waals surface area (Å²) in [7, 11) is 1.23. The van der Waals surface area contributed by atoms with Crippen molar-refractivity contribution in [2.75, 3.05) is 12.4 Å². The van der Waals surface area contributed by atoms with Crippen molar-refractivity contribution in [3.8, 4) is 5.75 Å². The number of nitrogens with one attached hydrogen (secondary N) is 1. The van der Waals surface area contributed by atoms with Crippen LogP contribution in [0.25, 0.3) is 11.0 Å². The third-order valence-corrected chi connectivity index (χ3v) is 3.53. The molecule has 2 aromatic carbocycles. The summed E-state index contributed by atoms with van der Waals surface area (Å²) in [4.78, 5) is 27.8. The number of phenols is 1. The number of phenolic OH excluding ortho intramolecular Hbond substituents is 1. The zero-order valence-corrected chi connectivity index (χ0v) is 12.9. The summed E-state index contributed by atoms with van der Waals surface area (Å²) in [6, 6.07) is 11.7. The summed E-state index contributed by atoms with van der Waals surface area (Å²) in [5.74, 6) is -1.17. The van der Waals surface area contributed by atoms with E-state index in [0.29, 0.717) is 5.69 Å². The molecular weight excluding hydrogens is 310 g/mol. The molecule has 0 unspecified atom stereocenters. The molecular formula is C17H15N3O4. The summed E-state index contributed by atoms with van der Waals surface area (Å²) in [5.41, 5.74) is 2.09. The van der Waals surface area contributed by atoms with Crippen LogP contribution in [-0.4, -0.2) is 33.6 Å². The Hall–Kier alpha value is -3.35. The summed E-state index contributed by atoms with van der Waals surface area (Å²) >= 11 is 0. The van der Waals surface area contributed by atoms with E-state index in [1.165, 1.54) is 25.3 Å². The Labute approximate surface area is 137 Å². The van der Waals surface area contributed by atoms with E-state index >= 15 is 0 Å². The highest BCUT2D eigenvalue weighted by Gasteiger charge is 2.13. The molecule has 122 valence electrons. The van der Waals surface area contributed by atoms with E-state index < -0.39 is 5.97 Å². The zero-order valence-electron chi connectivity index (χ0n) is 12.9. The topological polar surface area (TPSA) is 93.5 Å². The van der Waals surface area contributed by atoms with E-state index in [0.717, 1.165) is 11.0 Å². The van der Waals surface area contributed by atoms with Crippen LogP contribution in [0.15, 0.2) is 48.8 Å². The number of amides is 1. The number of aromatic hydroxyl groups is 1. The SMILES string of the molecule is COC(=O)c1ccc(NC(=O)Cn2cnc3ccccc32)cc1O. The van der Waals surface area contributed by atoms with Crippen molar-refractivity contribution in [1.29, 1.82) is 0 Å². The molecule has 7 nitrogen and oxygen atoms in total. The first-order chi connectivity index (χ1) is 11.6. The third-order valence-electron chi connectivity index (χ3n) is 3.53. The van der Waals surface area contributed by atoms with Gasteiger partial charge in [0.15, 0.2) is 0 Å². The van der Waals surface area contributed by atoms with E-state index in [-0.39, 0.29) is 23.8 Å². The predicted octanol–water partition coefficient (Wildman–Crippen LogP) is 2.17. The molecule has 7 heteroatoms. The molecule has 0 spiro atoms. The first kappa shape index (κ1) is 15.5. The van der Waals surface area contributed by atoms with Gasteiger partial charge in [-0.15, -0.1) is 0 Å². The number of esters is 1. The fourth-order valence-corrected chi connectivity index (χ4v) is 2.38. The predicted molar refractivity (Wildman–Crippen MR) is 87.8 cm³/mol. The number of carbonyl (C=O) groups is 2. The monoisotopic (exact) mass is 325 g/mol. The van der Waals surface area contributed by atoms with Crippen molar-refractivity contribution in [2.45, 2.75) is 6.54 Å². The fourth-order valence-electron chi connectivity index (χ4n) is 2.38. The lowest BCUT2D eigenvalue weighted by atomic mass is 10.2. The Morgan fingerprint density at radius 2 is 2.04 bits per heavy atom. The number of methoxy groups -OCH3 is 1. The van der Waals surface area contributed by atoms with E-state index in [4.69, 9.17) is 0 Å². The summed E-state index contributed by atoms with van der Waals surface area (Å²) in [6.45, 7) is 0.0834. The number of carbonyl (C=O) groups excluding carboxylic acids is 2. The molecule has 2 N–H and O–H groups in total. The summed E-state index contributed by atoms with van der Waals surface area (Å²) in [5, 5.41) is 12.5. The number of hydrogen-bond acceptors (Lipinski definition) is 5. The highest BCUT2D eigenvalue weighted by Crippen LogP contribution is 2.22. The van der Waals surface area contributed by atoms with Gasteiger partial charge in [-0.1, -0.05) is 12.1 Å². The lowest BCUT2D eigenvalue weighted by Crippen LogP contribution is -2.18. The number of para-hydroxylation sites is 2. The van der Waals surface area contributed by atoms with Crippen LogP contribution in [-0.2, 0) is 16.1 Å². The van der Waals surface area contributed by atoms with Gasteiger partial charge < -0.3 is 19.7 Å². The average molecular weight is 325 g/mol. The zero-order chi connectivity index (χ0) is 17.1. The Morgan fingerprint density at radius 3 is 2.79 bits per heavy atom. The Balaban J connectivity index is 1.73. The number of hydrogen-bond donors (Lipinski definition) is 2.